The SMILES string of the molecule is CC(C)NC(=O)c1cn(C2CCCCC2)nn1. The number of hydrogen-bond acceptors (Lipinski definition) is 3. The Morgan fingerprint density at radius 3 is 2.76 bits per heavy atom. The molecule has 1 N–H and O–H groups in total. The minimum absolute atomic E-state index is 0.127. The molecule has 1 aromatic heterocycles. The Labute approximate surface area is 102 Å². The number of hydrogen-bond donors (Lipinski definition) is 1. The minimum atomic E-state index is -0.137. The summed E-state index contributed by atoms with van der Waals surface area (Å²) in [5.41, 5.74) is 0.421. The standard InChI is InChI=1S/C12H20N4O/c1-9(2)13-12(17)11-8-16(15-14-11)10-6-4-3-5-7-10/h8-10H,3-7H2,1-2H3,(H,13,17). The summed E-state index contributed by atoms with van der Waals surface area (Å²) in [5.74, 6) is -0.137. The van der Waals surface area contributed by atoms with E-state index in [-0.39, 0.29) is 11.9 Å². The molecule has 1 aliphatic rings. The molecule has 1 heterocycles. The summed E-state index contributed by atoms with van der Waals surface area (Å²) in [4.78, 5) is 11.7. The normalized spacial score (nSPS) is 17.4. The van der Waals surface area contributed by atoms with Crippen molar-refractivity contribution in [1.29, 1.82) is 0 Å². The monoisotopic (exact) mass is 236 g/mol. The van der Waals surface area contributed by atoms with Crippen LogP contribution in [0, 0.1) is 0 Å². The van der Waals surface area contributed by atoms with Gasteiger partial charge in [0.1, 0.15) is 0 Å². The summed E-state index contributed by atoms with van der Waals surface area (Å²) in [5, 5.41) is 10.8. The van der Waals surface area contributed by atoms with E-state index in [1.54, 1.807) is 6.20 Å². The molecule has 1 aromatic rings. The van der Waals surface area contributed by atoms with Crippen LogP contribution in [0.15, 0.2) is 6.20 Å². The van der Waals surface area contributed by atoms with Crippen molar-refractivity contribution in [2.75, 3.05) is 0 Å². The van der Waals surface area contributed by atoms with Crippen LogP contribution in [0.1, 0.15) is 62.5 Å². The van der Waals surface area contributed by atoms with E-state index in [4.69, 9.17) is 0 Å². The number of carbonyl (C=O) groups excluding carboxylic acids is 1. The number of aromatic nitrogens is 3. The van der Waals surface area contributed by atoms with Crippen LogP contribution in [0.4, 0.5) is 0 Å². The summed E-state index contributed by atoms with van der Waals surface area (Å²) in [6, 6.07) is 0.555. The van der Waals surface area contributed by atoms with E-state index in [2.05, 4.69) is 15.6 Å². The van der Waals surface area contributed by atoms with E-state index < -0.39 is 0 Å². The molecular formula is C12H20N4O. The van der Waals surface area contributed by atoms with Crippen molar-refractivity contribution < 1.29 is 4.79 Å². The highest BCUT2D eigenvalue weighted by Crippen LogP contribution is 2.27. The average Bonchev–Trinajstić information content (AvgIpc) is 2.78. The molecule has 1 saturated carbocycles. The highest BCUT2D eigenvalue weighted by Gasteiger charge is 2.18. The van der Waals surface area contributed by atoms with Crippen LogP contribution in [0.3, 0.4) is 0 Å². The van der Waals surface area contributed by atoms with Crippen molar-refractivity contribution >= 4 is 5.91 Å². The molecule has 0 aliphatic heterocycles. The fourth-order valence-electron chi connectivity index (χ4n) is 2.24. The lowest BCUT2D eigenvalue weighted by Gasteiger charge is -2.20. The van der Waals surface area contributed by atoms with Crippen molar-refractivity contribution in [3.05, 3.63) is 11.9 Å². The molecule has 0 bridgehead atoms. The number of carbonyl (C=O) groups is 1. The van der Waals surface area contributed by atoms with Gasteiger partial charge in [-0.2, -0.15) is 0 Å². The van der Waals surface area contributed by atoms with E-state index in [1.165, 1.54) is 19.3 Å². The molecule has 94 valence electrons. The van der Waals surface area contributed by atoms with Gasteiger partial charge < -0.3 is 5.32 Å². The van der Waals surface area contributed by atoms with Gasteiger partial charge in [-0.1, -0.05) is 24.5 Å². The van der Waals surface area contributed by atoms with E-state index in [0.717, 1.165) is 12.8 Å². The summed E-state index contributed by atoms with van der Waals surface area (Å²) in [6.07, 6.45) is 7.87. The van der Waals surface area contributed by atoms with Gasteiger partial charge in [0.25, 0.3) is 5.91 Å². The fraction of sp³-hybridized carbons (Fsp3) is 0.750. The molecule has 5 nitrogen and oxygen atoms in total. The van der Waals surface area contributed by atoms with E-state index in [9.17, 15) is 4.79 Å². The number of amides is 1. The van der Waals surface area contributed by atoms with Gasteiger partial charge in [0, 0.05) is 6.04 Å². The molecule has 2 rings (SSSR count). The van der Waals surface area contributed by atoms with Crippen molar-refractivity contribution in [3.63, 3.8) is 0 Å². The van der Waals surface area contributed by atoms with Gasteiger partial charge >= 0.3 is 0 Å². The molecule has 0 spiro atoms. The smallest absolute Gasteiger partial charge is 0.273 e. The minimum Gasteiger partial charge on any atom is -0.348 e. The van der Waals surface area contributed by atoms with Crippen LogP contribution in [0.5, 0.6) is 0 Å². The Kier molecular flexibility index (Phi) is 3.76. The highest BCUT2D eigenvalue weighted by atomic mass is 16.2. The molecule has 1 fully saturated rings. The zero-order valence-electron chi connectivity index (χ0n) is 10.5. The maximum atomic E-state index is 11.7. The van der Waals surface area contributed by atoms with Crippen LogP contribution < -0.4 is 5.32 Å². The summed E-state index contributed by atoms with van der Waals surface area (Å²) < 4.78 is 1.86. The molecule has 0 aromatic carbocycles. The first-order valence-electron chi connectivity index (χ1n) is 6.39. The average molecular weight is 236 g/mol. The second-order valence-corrected chi connectivity index (χ2v) is 5.00. The molecule has 1 aliphatic carbocycles. The van der Waals surface area contributed by atoms with Crippen LogP contribution in [0.25, 0.3) is 0 Å². The van der Waals surface area contributed by atoms with Gasteiger partial charge in [0.2, 0.25) is 0 Å². The molecule has 17 heavy (non-hydrogen) atoms. The third-order valence-electron chi connectivity index (χ3n) is 3.11. The zero-order valence-corrected chi connectivity index (χ0v) is 10.5. The van der Waals surface area contributed by atoms with E-state index >= 15 is 0 Å². The van der Waals surface area contributed by atoms with Gasteiger partial charge in [-0.25, -0.2) is 4.68 Å². The highest BCUT2D eigenvalue weighted by molar-refractivity contribution is 5.91. The molecule has 0 atom stereocenters. The summed E-state index contributed by atoms with van der Waals surface area (Å²) in [6.45, 7) is 3.87. The van der Waals surface area contributed by atoms with Crippen LogP contribution in [0.2, 0.25) is 0 Å². The first-order valence-corrected chi connectivity index (χ1v) is 6.39. The zero-order chi connectivity index (χ0) is 12.3. The van der Waals surface area contributed by atoms with Crippen LogP contribution >= 0.6 is 0 Å². The Morgan fingerprint density at radius 2 is 2.12 bits per heavy atom. The van der Waals surface area contributed by atoms with Crippen LogP contribution in [-0.4, -0.2) is 26.9 Å². The summed E-state index contributed by atoms with van der Waals surface area (Å²) in [7, 11) is 0. The Balaban J connectivity index is 2.02. The third-order valence-corrected chi connectivity index (χ3v) is 3.11. The predicted molar refractivity (Wildman–Crippen MR) is 64.7 cm³/mol. The van der Waals surface area contributed by atoms with Crippen LogP contribution in [-0.2, 0) is 0 Å². The Bertz CT molecular complexity index is 380. The molecule has 0 unspecified atom stereocenters. The predicted octanol–water partition coefficient (Wildman–Crippen LogP) is 1.92. The third kappa shape index (κ3) is 3.05. The summed E-state index contributed by atoms with van der Waals surface area (Å²) >= 11 is 0. The Hall–Kier alpha value is -1.39. The van der Waals surface area contributed by atoms with Crippen molar-refractivity contribution in [2.24, 2.45) is 0 Å². The molecule has 1 amide bonds. The lowest BCUT2D eigenvalue weighted by atomic mass is 9.96. The number of rotatable bonds is 3. The molecular weight excluding hydrogens is 216 g/mol. The largest absolute Gasteiger partial charge is 0.348 e. The van der Waals surface area contributed by atoms with Gasteiger partial charge in [-0.3, -0.25) is 4.79 Å². The van der Waals surface area contributed by atoms with Crippen molar-refractivity contribution in [3.8, 4) is 0 Å². The number of nitrogens with one attached hydrogen (secondary N) is 1. The molecule has 0 saturated heterocycles. The first-order chi connectivity index (χ1) is 8.16. The lowest BCUT2D eigenvalue weighted by Crippen LogP contribution is -2.30. The second-order valence-electron chi connectivity index (χ2n) is 5.00. The van der Waals surface area contributed by atoms with Gasteiger partial charge in [-0.15, -0.1) is 5.10 Å². The first kappa shape index (κ1) is 12.1. The van der Waals surface area contributed by atoms with Gasteiger partial charge in [-0.05, 0) is 26.7 Å². The quantitative estimate of drug-likeness (QED) is 0.872. The van der Waals surface area contributed by atoms with Crippen molar-refractivity contribution in [2.45, 2.75) is 58.0 Å². The lowest BCUT2D eigenvalue weighted by molar-refractivity contribution is 0.0938. The van der Waals surface area contributed by atoms with E-state index in [1.807, 2.05) is 18.5 Å². The maximum Gasteiger partial charge on any atom is 0.273 e. The number of nitrogens with zero attached hydrogens (tertiary/aromatic N) is 3. The maximum absolute atomic E-state index is 11.7. The topological polar surface area (TPSA) is 59.8 Å². The van der Waals surface area contributed by atoms with E-state index in [0.29, 0.717) is 11.7 Å². The van der Waals surface area contributed by atoms with Gasteiger partial charge in [0.15, 0.2) is 5.69 Å². The van der Waals surface area contributed by atoms with Crippen molar-refractivity contribution in [1.82, 2.24) is 20.3 Å². The molecule has 0 radical (unpaired) electrons. The van der Waals surface area contributed by atoms with Gasteiger partial charge in [0.05, 0.1) is 12.2 Å². The molecule has 5 heteroatoms. The Morgan fingerprint density at radius 1 is 1.41 bits per heavy atom. The second kappa shape index (κ2) is 5.29. The fourth-order valence-corrected chi connectivity index (χ4v) is 2.24.